The number of carbonyl (C=O) groups excluding carboxylic acids is 1. The Labute approximate surface area is 184 Å². The minimum Gasteiger partial charge on any atom is -0.366 e. The number of aromatic nitrogens is 4. The Kier molecular flexibility index (Phi) is 5.26. The molecule has 1 aliphatic heterocycles. The van der Waals surface area contributed by atoms with Crippen molar-refractivity contribution in [2.24, 2.45) is 5.73 Å². The number of hydrogen-bond acceptors (Lipinski definition) is 7. The van der Waals surface area contributed by atoms with Gasteiger partial charge in [0.2, 0.25) is 0 Å². The summed E-state index contributed by atoms with van der Waals surface area (Å²) < 4.78 is 1.82. The lowest BCUT2D eigenvalue weighted by Gasteiger charge is -2.15. The van der Waals surface area contributed by atoms with Gasteiger partial charge < -0.3 is 15.9 Å². The number of nitrogens with two attached hydrogens (primary N) is 1. The number of nitrogens with one attached hydrogen (secondary N) is 2. The number of aryl methyl sites for hydroxylation is 1. The molecule has 0 atom stereocenters. The molecule has 162 valence electrons. The van der Waals surface area contributed by atoms with Crippen LogP contribution in [0.4, 0.5) is 5.82 Å². The minimum absolute atomic E-state index is 0.356. The van der Waals surface area contributed by atoms with Crippen molar-refractivity contribution in [1.29, 1.82) is 0 Å². The zero-order chi connectivity index (χ0) is 22.1. The summed E-state index contributed by atoms with van der Waals surface area (Å²) in [7, 11) is 0. The van der Waals surface area contributed by atoms with Gasteiger partial charge in [0.1, 0.15) is 17.2 Å². The molecule has 0 bridgehead atoms. The maximum Gasteiger partial charge on any atom is 0.252 e. The highest BCUT2D eigenvalue weighted by atomic mass is 16.6. The number of primary amides is 1. The number of fused-ring (bicyclic) bond motifs is 2. The van der Waals surface area contributed by atoms with Gasteiger partial charge in [-0.3, -0.25) is 9.20 Å². The van der Waals surface area contributed by atoms with Crippen LogP contribution in [0.25, 0.3) is 17.2 Å². The van der Waals surface area contributed by atoms with Gasteiger partial charge in [-0.1, -0.05) is 30.3 Å². The molecule has 1 aliphatic rings. The van der Waals surface area contributed by atoms with Crippen molar-refractivity contribution in [1.82, 2.24) is 24.8 Å². The van der Waals surface area contributed by atoms with E-state index in [4.69, 9.17) is 20.5 Å². The van der Waals surface area contributed by atoms with Crippen LogP contribution in [0.2, 0.25) is 0 Å². The van der Waals surface area contributed by atoms with Crippen molar-refractivity contribution in [2.45, 2.75) is 26.4 Å². The van der Waals surface area contributed by atoms with E-state index >= 15 is 0 Å². The van der Waals surface area contributed by atoms with Crippen LogP contribution in [0, 0.1) is 6.92 Å². The lowest BCUT2D eigenvalue weighted by Crippen LogP contribution is -2.14. The molecule has 0 saturated heterocycles. The van der Waals surface area contributed by atoms with Crippen molar-refractivity contribution >= 4 is 17.4 Å². The Morgan fingerprint density at radius 1 is 1.19 bits per heavy atom. The molecular weight excluding hydrogens is 406 g/mol. The van der Waals surface area contributed by atoms with Crippen LogP contribution in [-0.2, 0) is 24.3 Å². The minimum atomic E-state index is -0.526. The molecule has 0 radical (unpaired) electrons. The fourth-order valence-corrected chi connectivity index (χ4v) is 3.96. The SMILES string of the molecule is Cc1nc2c(C(N)=O)cccn2c1-c1nc2c(c(NCc3ccccc3)n1)CCONC2. The van der Waals surface area contributed by atoms with E-state index in [1.165, 1.54) is 0 Å². The zero-order valence-electron chi connectivity index (χ0n) is 17.6. The van der Waals surface area contributed by atoms with Crippen LogP contribution < -0.4 is 16.5 Å². The second kappa shape index (κ2) is 8.37. The van der Waals surface area contributed by atoms with E-state index in [-0.39, 0.29) is 0 Å². The van der Waals surface area contributed by atoms with Crippen molar-refractivity contribution in [3.63, 3.8) is 0 Å². The molecule has 4 N–H and O–H groups in total. The Balaban J connectivity index is 1.63. The lowest BCUT2D eigenvalue weighted by atomic mass is 10.1. The third-order valence-corrected chi connectivity index (χ3v) is 5.49. The van der Waals surface area contributed by atoms with Gasteiger partial charge in [-0.15, -0.1) is 0 Å². The Hall–Kier alpha value is -3.82. The van der Waals surface area contributed by atoms with E-state index in [9.17, 15) is 4.79 Å². The van der Waals surface area contributed by atoms with E-state index in [0.717, 1.165) is 28.3 Å². The molecule has 9 nitrogen and oxygen atoms in total. The van der Waals surface area contributed by atoms with Gasteiger partial charge in [-0.05, 0) is 24.6 Å². The monoisotopic (exact) mass is 429 g/mol. The fraction of sp³-hybridized carbons (Fsp3) is 0.217. The Morgan fingerprint density at radius 3 is 2.84 bits per heavy atom. The van der Waals surface area contributed by atoms with E-state index < -0.39 is 5.91 Å². The van der Waals surface area contributed by atoms with Crippen LogP contribution in [0.1, 0.15) is 32.9 Å². The molecule has 1 amide bonds. The highest BCUT2D eigenvalue weighted by molar-refractivity contribution is 5.99. The predicted molar refractivity (Wildman–Crippen MR) is 120 cm³/mol. The molecule has 32 heavy (non-hydrogen) atoms. The lowest BCUT2D eigenvalue weighted by molar-refractivity contribution is 0.0440. The van der Waals surface area contributed by atoms with Gasteiger partial charge in [0, 0.05) is 24.7 Å². The third-order valence-electron chi connectivity index (χ3n) is 5.49. The van der Waals surface area contributed by atoms with Gasteiger partial charge in [-0.2, -0.15) is 5.48 Å². The topological polar surface area (TPSA) is 119 Å². The smallest absolute Gasteiger partial charge is 0.252 e. The molecule has 0 spiro atoms. The van der Waals surface area contributed by atoms with E-state index in [1.807, 2.05) is 35.7 Å². The van der Waals surface area contributed by atoms with Crippen LogP contribution in [-0.4, -0.2) is 31.9 Å². The van der Waals surface area contributed by atoms with Crippen LogP contribution >= 0.6 is 0 Å². The zero-order valence-corrected chi connectivity index (χ0v) is 17.6. The predicted octanol–water partition coefficient (Wildman–Crippen LogP) is 2.39. The number of nitrogens with zero attached hydrogens (tertiary/aromatic N) is 4. The molecule has 0 fully saturated rings. The summed E-state index contributed by atoms with van der Waals surface area (Å²) in [5, 5.41) is 3.48. The van der Waals surface area contributed by atoms with E-state index in [2.05, 4.69) is 27.9 Å². The molecule has 9 heteroatoms. The first kappa shape index (κ1) is 20.1. The number of imidazole rings is 1. The summed E-state index contributed by atoms with van der Waals surface area (Å²) >= 11 is 0. The first-order valence-corrected chi connectivity index (χ1v) is 10.4. The van der Waals surface area contributed by atoms with Gasteiger partial charge >= 0.3 is 0 Å². The number of amides is 1. The normalized spacial score (nSPS) is 13.5. The van der Waals surface area contributed by atoms with Crippen molar-refractivity contribution in [2.75, 3.05) is 11.9 Å². The highest BCUT2D eigenvalue weighted by Gasteiger charge is 2.22. The molecule has 5 rings (SSSR count). The molecule has 4 heterocycles. The summed E-state index contributed by atoms with van der Waals surface area (Å²) in [6.45, 7) is 3.51. The summed E-state index contributed by atoms with van der Waals surface area (Å²) in [5.74, 6) is 0.762. The average Bonchev–Trinajstić information content (AvgIpc) is 2.96. The van der Waals surface area contributed by atoms with Gasteiger partial charge in [0.15, 0.2) is 5.82 Å². The van der Waals surface area contributed by atoms with Crippen molar-refractivity contribution in [3.05, 3.63) is 76.7 Å². The number of carbonyl (C=O) groups is 1. The number of rotatable bonds is 5. The maximum atomic E-state index is 11.9. The standard InChI is InChI=1S/C23H23N7O2/c1-14-19(30-10-5-8-17(20(24)31)23(30)27-14)22-28-18-13-26-32-11-9-16(18)21(29-22)25-12-15-6-3-2-4-7-15/h2-8,10,26H,9,11-13H2,1H3,(H2,24,31)(H,25,28,29). The van der Waals surface area contributed by atoms with Crippen LogP contribution in [0.5, 0.6) is 0 Å². The average molecular weight is 429 g/mol. The fourth-order valence-electron chi connectivity index (χ4n) is 3.96. The molecule has 0 saturated carbocycles. The van der Waals surface area contributed by atoms with E-state index in [0.29, 0.717) is 48.8 Å². The number of hydrogen-bond donors (Lipinski definition) is 3. The van der Waals surface area contributed by atoms with Crippen LogP contribution in [0.3, 0.4) is 0 Å². The Bertz CT molecular complexity index is 1300. The highest BCUT2D eigenvalue weighted by Crippen LogP contribution is 2.28. The summed E-state index contributed by atoms with van der Waals surface area (Å²) in [4.78, 5) is 31.6. The summed E-state index contributed by atoms with van der Waals surface area (Å²) in [6, 6.07) is 13.6. The molecule has 3 aromatic heterocycles. The molecular formula is C23H23N7O2. The second-order valence-corrected chi connectivity index (χ2v) is 7.61. The maximum absolute atomic E-state index is 11.9. The number of pyridine rings is 1. The van der Waals surface area contributed by atoms with Gasteiger partial charge in [0.25, 0.3) is 5.91 Å². The molecule has 0 aliphatic carbocycles. The van der Waals surface area contributed by atoms with Crippen molar-refractivity contribution in [3.8, 4) is 11.5 Å². The van der Waals surface area contributed by atoms with Gasteiger partial charge in [-0.25, -0.2) is 15.0 Å². The van der Waals surface area contributed by atoms with E-state index in [1.54, 1.807) is 12.1 Å². The largest absolute Gasteiger partial charge is 0.366 e. The van der Waals surface area contributed by atoms with Crippen LogP contribution in [0.15, 0.2) is 48.7 Å². The first-order chi connectivity index (χ1) is 15.6. The number of hydroxylamine groups is 1. The quantitative estimate of drug-likeness (QED) is 0.446. The van der Waals surface area contributed by atoms with Crippen molar-refractivity contribution < 1.29 is 9.63 Å². The molecule has 1 aromatic carbocycles. The number of anilines is 1. The Morgan fingerprint density at radius 2 is 2.03 bits per heavy atom. The van der Waals surface area contributed by atoms with Gasteiger partial charge in [0.05, 0.1) is 30.1 Å². The number of benzene rings is 1. The summed E-state index contributed by atoms with van der Waals surface area (Å²) in [6.07, 6.45) is 2.53. The summed E-state index contributed by atoms with van der Waals surface area (Å²) in [5.41, 5.74) is 13.8. The third kappa shape index (κ3) is 3.68. The first-order valence-electron chi connectivity index (χ1n) is 10.4. The second-order valence-electron chi connectivity index (χ2n) is 7.61. The molecule has 4 aromatic rings. The molecule has 0 unspecified atom stereocenters.